The van der Waals surface area contributed by atoms with E-state index in [1.54, 1.807) is 12.3 Å². The highest BCUT2D eigenvalue weighted by Crippen LogP contribution is 2.18. The van der Waals surface area contributed by atoms with Crippen LogP contribution >= 0.6 is 0 Å². The molecule has 0 aliphatic carbocycles. The quantitative estimate of drug-likeness (QED) is 0.842. The Kier molecular flexibility index (Phi) is 3.28. The monoisotopic (exact) mass is 242 g/mol. The maximum atomic E-state index is 10.5. The molecule has 1 N–H and O–H groups in total. The SMILES string of the molecule is Cc1ccccc1-n1ncc(/C=C/C(=O)O)c1C. The van der Waals surface area contributed by atoms with Gasteiger partial charge in [0, 0.05) is 17.3 Å². The third-order valence-electron chi connectivity index (χ3n) is 2.80. The van der Waals surface area contributed by atoms with E-state index in [-0.39, 0.29) is 0 Å². The van der Waals surface area contributed by atoms with Crippen molar-refractivity contribution in [2.45, 2.75) is 13.8 Å². The van der Waals surface area contributed by atoms with Crippen molar-refractivity contribution >= 4 is 12.0 Å². The summed E-state index contributed by atoms with van der Waals surface area (Å²) in [5, 5.41) is 12.9. The molecule has 1 aromatic carbocycles. The molecule has 0 atom stereocenters. The molecule has 0 unspecified atom stereocenters. The first-order valence-electron chi connectivity index (χ1n) is 5.61. The lowest BCUT2D eigenvalue weighted by Gasteiger charge is -2.07. The van der Waals surface area contributed by atoms with Crippen molar-refractivity contribution in [1.29, 1.82) is 0 Å². The van der Waals surface area contributed by atoms with Crippen molar-refractivity contribution in [2.75, 3.05) is 0 Å². The molecule has 0 fully saturated rings. The van der Waals surface area contributed by atoms with Gasteiger partial charge in [-0.1, -0.05) is 18.2 Å². The third-order valence-corrected chi connectivity index (χ3v) is 2.80. The molecule has 2 aromatic rings. The third kappa shape index (κ3) is 2.32. The minimum absolute atomic E-state index is 0.806. The Morgan fingerprint density at radius 3 is 2.72 bits per heavy atom. The Morgan fingerprint density at radius 2 is 2.06 bits per heavy atom. The van der Waals surface area contributed by atoms with Crippen LogP contribution in [-0.2, 0) is 4.79 Å². The van der Waals surface area contributed by atoms with Gasteiger partial charge in [0.1, 0.15) is 0 Å². The minimum Gasteiger partial charge on any atom is -0.478 e. The largest absolute Gasteiger partial charge is 0.478 e. The Bertz CT molecular complexity index is 612. The Hall–Kier alpha value is -2.36. The summed E-state index contributed by atoms with van der Waals surface area (Å²) in [6.07, 6.45) is 4.34. The molecule has 1 aromatic heterocycles. The number of para-hydroxylation sites is 1. The number of hydrogen-bond donors (Lipinski definition) is 1. The first-order chi connectivity index (χ1) is 8.59. The van der Waals surface area contributed by atoms with Gasteiger partial charge in [0.25, 0.3) is 0 Å². The Balaban J connectivity index is 2.43. The van der Waals surface area contributed by atoms with Crippen LogP contribution in [0.3, 0.4) is 0 Å². The van der Waals surface area contributed by atoms with Crippen LogP contribution in [-0.4, -0.2) is 20.9 Å². The summed E-state index contributed by atoms with van der Waals surface area (Å²) >= 11 is 0. The van der Waals surface area contributed by atoms with Crippen LogP contribution in [0.4, 0.5) is 0 Å². The molecule has 0 saturated carbocycles. The van der Waals surface area contributed by atoms with E-state index in [2.05, 4.69) is 5.10 Å². The molecule has 0 amide bonds. The number of carboxylic acids is 1. The molecule has 1 heterocycles. The fraction of sp³-hybridized carbons (Fsp3) is 0.143. The number of benzene rings is 1. The summed E-state index contributed by atoms with van der Waals surface area (Å²) < 4.78 is 1.82. The summed E-state index contributed by atoms with van der Waals surface area (Å²) in [4.78, 5) is 10.5. The highest BCUT2D eigenvalue weighted by molar-refractivity contribution is 5.85. The van der Waals surface area contributed by atoms with E-state index in [1.165, 1.54) is 0 Å². The molecule has 4 heteroatoms. The lowest BCUT2D eigenvalue weighted by Crippen LogP contribution is -2.01. The van der Waals surface area contributed by atoms with E-state index < -0.39 is 5.97 Å². The number of carbonyl (C=O) groups is 1. The molecule has 0 spiro atoms. The van der Waals surface area contributed by atoms with E-state index >= 15 is 0 Å². The van der Waals surface area contributed by atoms with Gasteiger partial charge in [-0.2, -0.15) is 5.10 Å². The summed E-state index contributed by atoms with van der Waals surface area (Å²) in [6, 6.07) is 7.93. The second-order valence-corrected chi connectivity index (χ2v) is 4.06. The maximum absolute atomic E-state index is 10.5. The van der Waals surface area contributed by atoms with E-state index in [9.17, 15) is 4.79 Å². The maximum Gasteiger partial charge on any atom is 0.328 e. The summed E-state index contributed by atoms with van der Waals surface area (Å²) in [6.45, 7) is 3.93. The van der Waals surface area contributed by atoms with Crippen molar-refractivity contribution < 1.29 is 9.90 Å². The van der Waals surface area contributed by atoms with Gasteiger partial charge in [-0.3, -0.25) is 0 Å². The first-order valence-corrected chi connectivity index (χ1v) is 5.61. The van der Waals surface area contributed by atoms with E-state index in [0.29, 0.717) is 0 Å². The zero-order valence-corrected chi connectivity index (χ0v) is 10.3. The smallest absolute Gasteiger partial charge is 0.328 e. The summed E-state index contributed by atoms with van der Waals surface area (Å²) in [5.41, 5.74) is 3.85. The molecule has 92 valence electrons. The van der Waals surface area contributed by atoms with Crippen LogP contribution < -0.4 is 0 Å². The lowest BCUT2D eigenvalue weighted by atomic mass is 10.2. The normalized spacial score (nSPS) is 11.0. The van der Waals surface area contributed by atoms with Gasteiger partial charge in [-0.15, -0.1) is 0 Å². The second-order valence-electron chi connectivity index (χ2n) is 4.06. The van der Waals surface area contributed by atoms with Gasteiger partial charge in [-0.25, -0.2) is 9.48 Å². The van der Waals surface area contributed by atoms with Gasteiger partial charge in [0.15, 0.2) is 0 Å². The summed E-state index contributed by atoms with van der Waals surface area (Å²) in [7, 11) is 0. The van der Waals surface area contributed by atoms with E-state index in [0.717, 1.165) is 28.6 Å². The average molecular weight is 242 g/mol. The van der Waals surface area contributed by atoms with Crippen LogP contribution in [0, 0.1) is 13.8 Å². The van der Waals surface area contributed by atoms with Crippen molar-refractivity contribution in [1.82, 2.24) is 9.78 Å². The number of hydrogen-bond acceptors (Lipinski definition) is 2. The van der Waals surface area contributed by atoms with Gasteiger partial charge in [0.2, 0.25) is 0 Å². The molecule has 0 saturated heterocycles. The predicted octanol–water partition coefficient (Wildman–Crippen LogP) is 2.59. The van der Waals surface area contributed by atoms with Gasteiger partial charge in [-0.05, 0) is 31.6 Å². The number of aliphatic carboxylic acids is 1. The molecular weight excluding hydrogens is 228 g/mol. The zero-order valence-electron chi connectivity index (χ0n) is 10.3. The molecule has 0 aliphatic rings. The predicted molar refractivity (Wildman–Crippen MR) is 69.7 cm³/mol. The van der Waals surface area contributed by atoms with Crippen LogP contribution in [0.15, 0.2) is 36.5 Å². The number of nitrogens with zero attached hydrogens (tertiary/aromatic N) is 2. The lowest BCUT2D eigenvalue weighted by molar-refractivity contribution is -0.131. The number of aromatic nitrogens is 2. The topological polar surface area (TPSA) is 55.1 Å². The minimum atomic E-state index is -0.960. The second kappa shape index (κ2) is 4.87. The number of carboxylic acid groups (broad SMARTS) is 1. The zero-order chi connectivity index (χ0) is 13.1. The van der Waals surface area contributed by atoms with Crippen molar-refractivity contribution in [2.24, 2.45) is 0 Å². The van der Waals surface area contributed by atoms with Gasteiger partial charge in [0.05, 0.1) is 11.9 Å². The fourth-order valence-corrected chi connectivity index (χ4v) is 1.79. The number of aryl methyl sites for hydroxylation is 1. The molecule has 0 bridgehead atoms. The molecule has 18 heavy (non-hydrogen) atoms. The Morgan fingerprint density at radius 1 is 1.33 bits per heavy atom. The summed E-state index contributed by atoms with van der Waals surface area (Å²) in [5.74, 6) is -0.960. The van der Waals surface area contributed by atoms with E-state index in [1.807, 2.05) is 42.8 Å². The first kappa shape index (κ1) is 12.1. The van der Waals surface area contributed by atoms with Gasteiger partial charge >= 0.3 is 5.97 Å². The molecule has 4 nitrogen and oxygen atoms in total. The van der Waals surface area contributed by atoms with Crippen molar-refractivity contribution in [3.05, 3.63) is 53.4 Å². The van der Waals surface area contributed by atoms with Gasteiger partial charge < -0.3 is 5.11 Å². The molecule has 2 rings (SSSR count). The Labute approximate surface area is 105 Å². The van der Waals surface area contributed by atoms with Crippen LogP contribution in [0.5, 0.6) is 0 Å². The van der Waals surface area contributed by atoms with E-state index in [4.69, 9.17) is 5.11 Å². The highest BCUT2D eigenvalue weighted by Gasteiger charge is 2.07. The van der Waals surface area contributed by atoms with Crippen LogP contribution in [0.2, 0.25) is 0 Å². The number of rotatable bonds is 3. The fourth-order valence-electron chi connectivity index (χ4n) is 1.79. The van der Waals surface area contributed by atoms with Crippen LogP contribution in [0.25, 0.3) is 11.8 Å². The standard InChI is InChI=1S/C14H14N2O2/c1-10-5-3-4-6-13(10)16-11(2)12(9-15-16)7-8-14(17)18/h3-9H,1-2H3,(H,17,18)/b8-7+. The van der Waals surface area contributed by atoms with Crippen molar-refractivity contribution in [3.8, 4) is 5.69 Å². The average Bonchev–Trinajstić information content (AvgIpc) is 2.69. The molecule has 0 aliphatic heterocycles. The highest BCUT2D eigenvalue weighted by atomic mass is 16.4. The molecule has 0 radical (unpaired) electrons. The molecular formula is C14H14N2O2. The van der Waals surface area contributed by atoms with Crippen molar-refractivity contribution in [3.63, 3.8) is 0 Å². The van der Waals surface area contributed by atoms with Crippen LogP contribution in [0.1, 0.15) is 16.8 Å².